The van der Waals surface area contributed by atoms with E-state index in [-0.39, 0.29) is 0 Å². The fourth-order valence-electron chi connectivity index (χ4n) is 1.85. The maximum atomic E-state index is 8.72. The molecule has 0 saturated carbocycles. The van der Waals surface area contributed by atoms with Crippen molar-refractivity contribution in [2.24, 2.45) is 0 Å². The molecular formula is C11H10N4OS. The Balaban J connectivity index is 1.86. The molecule has 1 aliphatic rings. The molecule has 1 unspecified atom stereocenters. The standard InChI is InChI=1S/C11H10N4OS/c12-5-8-4-7(6-13-8)11-14-10(15-16-11)9-2-1-3-17-9/h4,6,9,13H,1-3H2. The molecule has 1 N–H and O–H groups in total. The molecule has 86 valence electrons. The van der Waals surface area contributed by atoms with Crippen LogP contribution in [0.25, 0.3) is 11.5 Å². The Kier molecular flexibility index (Phi) is 2.61. The number of nitriles is 1. The number of hydrogen-bond donors (Lipinski definition) is 1. The third kappa shape index (κ3) is 1.94. The Morgan fingerprint density at radius 1 is 1.59 bits per heavy atom. The van der Waals surface area contributed by atoms with Gasteiger partial charge in [0.25, 0.3) is 5.89 Å². The van der Waals surface area contributed by atoms with E-state index in [1.807, 2.05) is 17.8 Å². The lowest BCUT2D eigenvalue weighted by atomic mass is 10.2. The largest absolute Gasteiger partial charge is 0.352 e. The van der Waals surface area contributed by atoms with E-state index in [2.05, 4.69) is 15.1 Å². The molecule has 3 heterocycles. The summed E-state index contributed by atoms with van der Waals surface area (Å²) in [6.45, 7) is 0. The first kappa shape index (κ1) is 10.4. The average Bonchev–Trinajstić information content (AvgIpc) is 3.09. The van der Waals surface area contributed by atoms with Crippen LogP contribution in [0.15, 0.2) is 16.8 Å². The van der Waals surface area contributed by atoms with Crippen LogP contribution in [-0.4, -0.2) is 20.9 Å². The highest BCUT2D eigenvalue weighted by Crippen LogP contribution is 2.38. The van der Waals surface area contributed by atoms with Gasteiger partial charge < -0.3 is 9.51 Å². The second-order valence-corrected chi connectivity index (χ2v) is 5.18. The van der Waals surface area contributed by atoms with Gasteiger partial charge in [-0.2, -0.15) is 22.0 Å². The summed E-state index contributed by atoms with van der Waals surface area (Å²) >= 11 is 1.87. The van der Waals surface area contributed by atoms with Crippen LogP contribution < -0.4 is 0 Å². The lowest BCUT2D eigenvalue weighted by Crippen LogP contribution is -1.90. The highest BCUT2D eigenvalue weighted by Gasteiger charge is 2.23. The van der Waals surface area contributed by atoms with E-state index in [0.717, 1.165) is 23.6 Å². The van der Waals surface area contributed by atoms with Gasteiger partial charge >= 0.3 is 0 Å². The van der Waals surface area contributed by atoms with Gasteiger partial charge in [0, 0.05) is 6.20 Å². The third-order valence-electron chi connectivity index (χ3n) is 2.71. The number of aromatic nitrogens is 3. The zero-order chi connectivity index (χ0) is 11.7. The van der Waals surface area contributed by atoms with Gasteiger partial charge in [-0.3, -0.25) is 0 Å². The van der Waals surface area contributed by atoms with Crippen molar-refractivity contribution in [3.63, 3.8) is 0 Å². The van der Waals surface area contributed by atoms with Gasteiger partial charge in [0.1, 0.15) is 11.8 Å². The molecule has 0 aliphatic carbocycles. The topological polar surface area (TPSA) is 78.5 Å². The molecule has 1 saturated heterocycles. The average molecular weight is 246 g/mol. The van der Waals surface area contributed by atoms with E-state index in [1.54, 1.807) is 12.3 Å². The van der Waals surface area contributed by atoms with Crippen molar-refractivity contribution in [1.29, 1.82) is 5.26 Å². The van der Waals surface area contributed by atoms with E-state index < -0.39 is 0 Å². The lowest BCUT2D eigenvalue weighted by Gasteiger charge is -1.98. The molecule has 1 atom stereocenters. The van der Waals surface area contributed by atoms with Crippen molar-refractivity contribution in [3.05, 3.63) is 23.8 Å². The van der Waals surface area contributed by atoms with Gasteiger partial charge in [-0.15, -0.1) is 0 Å². The van der Waals surface area contributed by atoms with Gasteiger partial charge in [0.15, 0.2) is 5.82 Å². The monoisotopic (exact) mass is 246 g/mol. The minimum Gasteiger partial charge on any atom is -0.352 e. The van der Waals surface area contributed by atoms with E-state index >= 15 is 0 Å². The van der Waals surface area contributed by atoms with E-state index in [9.17, 15) is 0 Å². The Morgan fingerprint density at radius 3 is 3.24 bits per heavy atom. The first-order chi connectivity index (χ1) is 8.36. The Morgan fingerprint density at radius 2 is 2.53 bits per heavy atom. The SMILES string of the molecule is N#Cc1cc(-c2nc(C3CCCS3)no2)c[nH]1. The maximum absolute atomic E-state index is 8.72. The molecule has 6 heteroatoms. The lowest BCUT2D eigenvalue weighted by molar-refractivity contribution is 0.421. The first-order valence-corrected chi connectivity index (χ1v) is 6.46. The summed E-state index contributed by atoms with van der Waals surface area (Å²) < 4.78 is 5.22. The zero-order valence-corrected chi connectivity index (χ0v) is 9.83. The van der Waals surface area contributed by atoms with Gasteiger partial charge in [-0.05, 0) is 24.7 Å². The molecule has 1 fully saturated rings. The zero-order valence-electron chi connectivity index (χ0n) is 9.01. The van der Waals surface area contributed by atoms with Crippen molar-refractivity contribution in [2.45, 2.75) is 18.1 Å². The second-order valence-electron chi connectivity index (χ2n) is 3.87. The van der Waals surface area contributed by atoms with Crippen LogP contribution in [0.2, 0.25) is 0 Å². The number of thioether (sulfide) groups is 1. The Hall–Kier alpha value is -1.74. The smallest absolute Gasteiger partial charge is 0.259 e. The summed E-state index contributed by atoms with van der Waals surface area (Å²) in [4.78, 5) is 7.22. The molecule has 2 aromatic rings. The third-order valence-corrected chi connectivity index (χ3v) is 4.08. The summed E-state index contributed by atoms with van der Waals surface area (Å²) in [5, 5.41) is 13.1. The molecule has 0 radical (unpaired) electrons. The molecule has 0 aromatic carbocycles. The molecule has 2 aromatic heterocycles. The van der Waals surface area contributed by atoms with Crippen molar-refractivity contribution in [2.75, 3.05) is 5.75 Å². The van der Waals surface area contributed by atoms with Gasteiger partial charge in [0.05, 0.1) is 10.8 Å². The van der Waals surface area contributed by atoms with Gasteiger partial charge in [-0.1, -0.05) is 5.16 Å². The summed E-state index contributed by atoms with van der Waals surface area (Å²) in [5.41, 5.74) is 1.26. The summed E-state index contributed by atoms with van der Waals surface area (Å²) in [5.74, 6) is 2.41. The number of H-pyrrole nitrogens is 1. The summed E-state index contributed by atoms with van der Waals surface area (Å²) in [7, 11) is 0. The van der Waals surface area contributed by atoms with E-state index in [4.69, 9.17) is 9.78 Å². The Bertz CT molecular complexity index is 562. The molecule has 3 rings (SSSR count). The van der Waals surface area contributed by atoms with Crippen LogP contribution in [-0.2, 0) is 0 Å². The predicted molar refractivity (Wildman–Crippen MR) is 63.2 cm³/mol. The molecule has 0 bridgehead atoms. The second kappa shape index (κ2) is 4.26. The van der Waals surface area contributed by atoms with Gasteiger partial charge in [-0.25, -0.2) is 0 Å². The molecule has 0 spiro atoms. The molecule has 1 aliphatic heterocycles. The molecule has 17 heavy (non-hydrogen) atoms. The van der Waals surface area contributed by atoms with E-state index in [0.29, 0.717) is 16.8 Å². The maximum Gasteiger partial charge on any atom is 0.259 e. The molecular weight excluding hydrogens is 236 g/mol. The highest BCUT2D eigenvalue weighted by molar-refractivity contribution is 7.99. The normalized spacial score (nSPS) is 19.4. The van der Waals surface area contributed by atoms with Crippen LogP contribution in [0.3, 0.4) is 0 Å². The van der Waals surface area contributed by atoms with Crippen molar-refractivity contribution in [1.82, 2.24) is 15.1 Å². The minimum absolute atomic E-state index is 0.363. The van der Waals surface area contributed by atoms with Crippen LogP contribution >= 0.6 is 11.8 Å². The van der Waals surface area contributed by atoms with Crippen LogP contribution in [0.1, 0.15) is 29.6 Å². The Labute approximate surface area is 102 Å². The quantitative estimate of drug-likeness (QED) is 0.880. The summed E-state index contributed by atoms with van der Waals surface area (Å²) in [6.07, 6.45) is 4.03. The highest BCUT2D eigenvalue weighted by atomic mass is 32.2. The van der Waals surface area contributed by atoms with Crippen molar-refractivity contribution < 1.29 is 4.52 Å². The van der Waals surface area contributed by atoms with Crippen LogP contribution in [0.5, 0.6) is 0 Å². The first-order valence-electron chi connectivity index (χ1n) is 5.41. The van der Waals surface area contributed by atoms with Crippen molar-refractivity contribution >= 4 is 11.8 Å². The molecule has 5 nitrogen and oxygen atoms in total. The number of nitrogens with one attached hydrogen (secondary N) is 1. The predicted octanol–water partition coefficient (Wildman–Crippen LogP) is 2.50. The summed E-state index contributed by atoms with van der Waals surface area (Å²) in [6, 6.07) is 3.74. The number of nitrogens with zero attached hydrogens (tertiary/aromatic N) is 3. The van der Waals surface area contributed by atoms with Crippen molar-refractivity contribution in [3.8, 4) is 17.5 Å². The van der Waals surface area contributed by atoms with E-state index in [1.165, 1.54) is 6.42 Å². The number of rotatable bonds is 2. The fourth-order valence-corrected chi connectivity index (χ4v) is 3.04. The van der Waals surface area contributed by atoms with Crippen LogP contribution in [0.4, 0.5) is 0 Å². The number of aromatic amines is 1. The number of hydrogen-bond acceptors (Lipinski definition) is 5. The fraction of sp³-hybridized carbons (Fsp3) is 0.364. The molecule has 0 amide bonds. The van der Waals surface area contributed by atoms with Crippen LogP contribution in [0, 0.1) is 11.3 Å². The van der Waals surface area contributed by atoms with Gasteiger partial charge in [0.2, 0.25) is 0 Å². The minimum atomic E-state index is 0.363.